The lowest BCUT2D eigenvalue weighted by atomic mass is 10.2. The Kier molecular flexibility index (Phi) is 6.82. The van der Waals surface area contributed by atoms with Gasteiger partial charge in [0, 0.05) is 17.8 Å². The van der Waals surface area contributed by atoms with Crippen LogP contribution in [0.5, 0.6) is 0 Å². The topological polar surface area (TPSA) is 194 Å². The van der Waals surface area contributed by atoms with E-state index in [1.807, 2.05) is 0 Å². The summed E-state index contributed by atoms with van der Waals surface area (Å²) in [5.74, 6) is -3.62. The highest BCUT2D eigenvalue weighted by molar-refractivity contribution is 7.64. The molecule has 1 heterocycles. The molecule has 2 unspecified atom stereocenters. The molecule has 4 N–H and O–H groups in total. The minimum absolute atomic E-state index is 0.134. The summed E-state index contributed by atoms with van der Waals surface area (Å²) >= 11 is 0. The lowest BCUT2D eigenvalue weighted by molar-refractivity contribution is -0.152. The number of ether oxygens (including phenoxy) is 2. The van der Waals surface area contributed by atoms with Gasteiger partial charge in [-0.05, 0) is 26.2 Å². The van der Waals surface area contributed by atoms with Gasteiger partial charge in [-0.1, -0.05) is 0 Å². The van der Waals surface area contributed by atoms with Crippen LogP contribution in [0.15, 0.2) is 15.8 Å². The Bertz CT molecular complexity index is 949. The van der Waals surface area contributed by atoms with Crippen molar-refractivity contribution in [2.24, 2.45) is 0 Å². The van der Waals surface area contributed by atoms with Crippen LogP contribution in [0.3, 0.4) is 0 Å². The summed E-state index contributed by atoms with van der Waals surface area (Å²) in [6.07, 6.45) is 1.35. The average molecular weight is 442 g/mol. The molecule has 1 aliphatic carbocycles. The summed E-state index contributed by atoms with van der Waals surface area (Å²) < 4.78 is 37.8. The van der Waals surface area contributed by atoms with Crippen molar-refractivity contribution in [1.29, 1.82) is 0 Å². The number of phosphoric acid groups is 1. The Labute approximate surface area is 158 Å². The van der Waals surface area contributed by atoms with Gasteiger partial charge in [-0.25, -0.2) is 18.5 Å². The third-order valence-corrected chi connectivity index (χ3v) is 6.85. The highest BCUT2D eigenvalue weighted by Gasteiger charge is 2.47. The first-order chi connectivity index (χ1) is 12.8. The first-order valence-electron chi connectivity index (χ1n) is 7.98. The molecule has 0 radical (unpaired) electrons. The van der Waals surface area contributed by atoms with Crippen LogP contribution in [-0.4, -0.2) is 49.3 Å². The first kappa shape index (κ1) is 22.7. The number of esters is 1. The second-order valence-corrected chi connectivity index (χ2v) is 9.45. The van der Waals surface area contributed by atoms with Crippen molar-refractivity contribution < 1.29 is 42.4 Å². The molecule has 15 heteroatoms. The quantitative estimate of drug-likeness (QED) is 0.321. The highest BCUT2D eigenvalue weighted by atomic mass is 31.3. The summed E-state index contributed by atoms with van der Waals surface area (Å²) in [7, 11) is -9.73. The SMILES string of the molecule is COC(=O)C(O[C@@H]1CC[C@H](n2cc(C)c(=O)[nH]c2=O)C1)P(=O)(O)OP(=O)(O)O. The predicted octanol–water partition coefficient (Wildman–Crippen LogP) is -0.251. The molecule has 158 valence electrons. The van der Waals surface area contributed by atoms with Gasteiger partial charge < -0.3 is 24.2 Å². The molecule has 28 heavy (non-hydrogen) atoms. The molecule has 0 spiro atoms. The van der Waals surface area contributed by atoms with Crippen molar-refractivity contribution in [3.63, 3.8) is 0 Å². The van der Waals surface area contributed by atoms with Crippen LogP contribution in [0.4, 0.5) is 0 Å². The highest BCUT2D eigenvalue weighted by Crippen LogP contribution is 2.60. The van der Waals surface area contributed by atoms with Gasteiger partial charge in [0.25, 0.3) is 11.4 Å². The fourth-order valence-electron chi connectivity index (χ4n) is 2.90. The molecular weight excluding hydrogens is 422 g/mol. The zero-order valence-corrected chi connectivity index (χ0v) is 16.7. The molecule has 0 saturated heterocycles. The van der Waals surface area contributed by atoms with E-state index in [-0.39, 0.29) is 12.8 Å². The van der Waals surface area contributed by atoms with Crippen molar-refractivity contribution in [2.75, 3.05) is 7.11 Å². The number of aromatic nitrogens is 2. The Morgan fingerprint density at radius 1 is 1.29 bits per heavy atom. The molecular formula is C13H20N2O11P2. The normalized spacial score (nSPS) is 23.2. The number of aromatic amines is 1. The van der Waals surface area contributed by atoms with Crippen LogP contribution in [0.2, 0.25) is 0 Å². The third-order valence-electron chi connectivity index (χ3n) is 4.14. The minimum atomic E-state index is -5.39. The summed E-state index contributed by atoms with van der Waals surface area (Å²) in [5.41, 5.74) is -0.844. The van der Waals surface area contributed by atoms with Gasteiger partial charge in [-0.15, -0.1) is 0 Å². The average Bonchev–Trinajstić information content (AvgIpc) is 3.01. The maximum Gasteiger partial charge on any atom is 0.476 e. The number of nitrogens with one attached hydrogen (secondary N) is 1. The summed E-state index contributed by atoms with van der Waals surface area (Å²) in [6.45, 7) is 1.52. The molecule has 13 nitrogen and oxygen atoms in total. The van der Waals surface area contributed by atoms with E-state index in [0.29, 0.717) is 12.0 Å². The molecule has 2 rings (SSSR count). The number of aryl methyl sites for hydroxylation is 1. The van der Waals surface area contributed by atoms with Crippen LogP contribution in [0.25, 0.3) is 0 Å². The van der Waals surface area contributed by atoms with Crippen LogP contribution in [0.1, 0.15) is 30.9 Å². The Hall–Kier alpha value is -1.59. The van der Waals surface area contributed by atoms with E-state index in [1.165, 1.54) is 17.7 Å². The minimum Gasteiger partial charge on any atom is -0.467 e. The van der Waals surface area contributed by atoms with Crippen LogP contribution < -0.4 is 11.2 Å². The zero-order valence-electron chi connectivity index (χ0n) is 14.9. The number of H-pyrrole nitrogens is 1. The standard InChI is InChI=1S/C13H20N2O11P2/c1-7-6-15(13(18)14-10(7)16)8-3-4-9(5-8)25-12(11(17)24-2)27(19,20)26-28(21,22)23/h6,8-9,12H,3-5H2,1-2H3,(H,19,20)(H,14,16,18)(H2,21,22,23)/t8-,9+,12?/m0/s1. The molecule has 0 bridgehead atoms. The van der Waals surface area contributed by atoms with Gasteiger partial charge in [0.15, 0.2) is 0 Å². The summed E-state index contributed by atoms with van der Waals surface area (Å²) in [5, 5.41) is 0. The smallest absolute Gasteiger partial charge is 0.467 e. The first-order valence-corrected chi connectivity index (χ1v) is 11.2. The second kappa shape index (κ2) is 8.42. The van der Waals surface area contributed by atoms with Crippen molar-refractivity contribution >= 4 is 21.4 Å². The number of carbonyl (C=O) groups is 1. The Morgan fingerprint density at radius 2 is 1.93 bits per heavy atom. The number of hydrogen-bond donors (Lipinski definition) is 4. The molecule has 1 fully saturated rings. The molecule has 1 aromatic rings. The second-order valence-electron chi connectivity index (χ2n) is 6.22. The van der Waals surface area contributed by atoms with Crippen LogP contribution >= 0.6 is 15.4 Å². The maximum atomic E-state index is 12.1. The van der Waals surface area contributed by atoms with Crippen LogP contribution in [0, 0.1) is 6.92 Å². The number of hydrogen-bond acceptors (Lipinski definition) is 8. The van der Waals surface area contributed by atoms with Crippen LogP contribution in [-0.2, 0) is 27.7 Å². The van der Waals surface area contributed by atoms with Gasteiger partial charge in [-0.2, -0.15) is 0 Å². The van der Waals surface area contributed by atoms with E-state index in [0.717, 1.165) is 7.11 Å². The number of methoxy groups -OCH3 is 1. The number of carbonyl (C=O) groups excluding carboxylic acids is 1. The lowest BCUT2D eigenvalue weighted by Crippen LogP contribution is -2.33. The molecule has 1 aromatic heterocycles. The molecule has 1 aliphatic rings. The molecule has 0 amide bonds. The monoisotopic (exact) mass is 442 g/mol. The van der Waals surface area contributed by atoms with E-state index in [4.69, 9.17) is 14.5 Å². The van der Waals surface area contributed by atoms with Gasteiger partial charge in [0.2, 0.25) is 0 Å². The summed E-state index contributed by atoms with van der Waals surface area (Å²) in [4.78, 5) is 64.7. The van der Waals surface area contributed by atoms with E-state index < -0.39 is 50.6 Å². The molecule has 0 aliphatic heterocycles. The van der Waals surface area contributed by atoms with Gasteiger partial charge in [0.1, 0.15) is 0 Å². The maximum absolute atomic E-state index is 12.1. The lowest BCUT2D eigenvalue weighted by Gasteiger charge is -2.24. The van der Waals surface area contributed by atoms with Crippen molar-refractivity contribution in [3.05, 3.63) is 32.6 Å². The van der Waals surface area contributed by atoms with Crippen molar-refractivity contribution in [2.45, 2.75) is 44.2 Å². The zero-order chi connectivity index (χ0) is 21.3. The van der Waals surface area contributed by atoms with Gasteiger partial charge in [0.05, 0.1) is 13.2 Å². The fraction of sp³-hybridized carbons (Fsp3) is 0.615. The largest absolute Gasteiger partial charge is 0.476 e. The van der Waals surface area contributed by atoms with E-state index in [9.17, 15) is 28.4 Å². The number of rotatable bonds is 7. The predicted molar refractivity (Wildman–Crippen MR) is 92.6 cm³/mol. The van der Waals surface area contributed by atoms with Crippen molar-refractivity contribution in [3.8, 4) is 0 Å². The summed E-state index contributed by atoms with van der Waals surface area (Å²) in [6, 6.07) is -0.424. The molecule has 1 saturated carbocycles. The Morgan fingerprint density at radius 3 is 2.50 bits per heavy atom. The Balaban J connectivity index is 2.19. The van der Waals surface area contributed by atoms with Gasteiger partial charge in [-0.3, -0.25) is 18.9 Å². The fourth-order valence-corrected chi connectivity index (χ4v) is 5.15. The third kappa shape index (κ3) is 5.48. The van der Waals surface area contributed by atoms with Crippen molar-refractivity contribution in [1.82, 2.24) is 9.55 Å². The molecule has 4 atom stereocenters. The van der Waals surface area contributed by atoms with E-state index in [1.54, 1.807) is 0 Å². The number of nitrogens with zero attached hydrogens (tertiary/aromatic N) is 1. The van der Waals surface area contributed by atoms with Gasteiger partial charge >= 0.3 is 27.1 Å². The van der Waals surface area contributed by atoms with E-state index >= 15 is 0 Å². The van der Waals surface area contributed by atoms with E-state index in [2.05, 4.69) is 14.0 Å². The molecule has 0 aromatic carbocycles.